The van der Waals surface area contributed by atoms with Crippen LogP contribution in [0.2, 0.25) is 0 Å². The molecule has 0 fully saturated rings. The van der Waals surface area contributed by atoms with Gasteiger partial charge in [-0.1, -0.05) is 45.7 Å². The quantitative estimate of drug-likeness (QED) is 0.756. The Bertz CT molecular complexity index is 312. The molecule has 16 heavy (non-hydrogen) atoms. The van der Waals surface area contributed by atoms with Gasteiger partial charge in [-0.2, -0.15) is 4.98 Å². The maximum absolute atomic E-state index is 5.31. The Morgan fingerprint density at radius 3 is 2.44 bits per heavy atom. The van der Waals surface area contributed by atoms with Crippen LogP contribution in [0.4, 0.5) is 0 Å². The first-order valence-corrected chi connectivity index (χ1v) is 6.22. The van der Waals surface area contributed by atoms with Gasteiger partial charge in [0.2, 0.25) is 5.89 Å². The molecule has 0 aliphatic heterocycles. The molecule has 92 valence electrons. The predicted octanol–water partition coefficient (Wildman–Crippen LogP) is 4.09. The van der Waals surface area contributed by atoms with Crippen LogP contribution in [-0.2, 0) is 0 Å². The first-order chi connectivity index (χ1) is 7.42. The van der Waals surface area contributed by atoms with Gasteiger partial charge in [-0.15, -0.1) is 0 Å². The number of hydrogen-bond acceptors (Lipinski definition) is 3. The molecule has 0 aliphatic rings. The number of nitrogens with zero attached hydrogens (tertiary/aromatic N) is 2. The van der Waals surface area contributed by atoms with E-state index in [4.69, 9.17) is 4.52 Å². The highest BCUT2D eigenvalue weighted by Crippen LogP contribution is 2.33. The molecule has 1 rings (SSSR count). The molecule has 0 radical (unpaired) electrons. The molecule has 0 saturated heterocycles. The fraction of sp³-hybridized carbons (Fsp3) is 0.846. The van der Waals surface area contributed by atoms with Crippen molar-refractivity contribution in [1.29, 1.82) is 0 Å². The molecule has 0 spiro atoms. The first-order valence-electron chi connectivity index (χ1n) is 6.22. The lowest BCUT2D eigenvalue weighted by molar-refractivity contribution is 0.272. The third-order valence-electron chi connectivity index (χ3n) is 2.66. The Morgan fingerprint density at radius 2 is 2.00 bits per heavy atom. The van der Waals surface area contributed by atoms with Gasteiger partial charge >= 0.3 is 0 Å². The number of rotatable bonds is 5. The van der Waals surface area contributed by atoms with E-state index in [1.165, 1.54) is 12.8 Å². The highest BCUT2D eigenvalue weighted by molar-refractivity contribution is 4.94. The van der Waals surface area contributed by atoms with E-state index in [1.54, 1.807) is 0 Å². The number of unbranched alkanes of at least 4 members (excludes halogenated alkanes) is 1. The third kappa shape index (κ3) is 4.33. The van der Waals surface area contributed by atoms with Gasteiger partial charge in [-0.3, -0.25) is 0 Å². The van der Waals surface area contributed by atoms with Crippen molar-refractivity contribution in [3.63, 3.8) is 0 Å². The lowest BCUT2D eigenvalue weighted by atomic mass is 9.82. The summed E-state index contributed by atoms with van der Waals surface area (Å²) in [6.45, 7) is 10.9. The third-order valence-corrected chi connectivity index (χ3v) is 2.66. The summed E-state index contributed by atoms with van der Waals surface area (Å²) < 4.78 is 5.31. The predicted molar refractivity (Wildman–Crippen MR) is 65.4 cm³/mol. The van der Waals surface area contributed by atoms with Crippen molar-refractivity contribution in [3.05, 3.63) is 11.7 Å². The fourth-order valence-corrected chi connectivity index (χ4v) is 1.98. The second-order valence-corrected chi connectivity index (χ2v) is 5.78. The van der Waals surface area contributed by atoms with Crippen LogP contribution in [0.25, 0.3) is 0 Å². The van der Waals surface area contributed by atoms with E-state index in [-0.39, 0.29) is 0 Å². The molecule has 0 aliphatic carbocycles. The molecular weight excluding hydrogens is 200 g/mol. The van der Waals surface area contributed by atoms with Gasteiger partial charge in [-0.05, 0) is 25.2 Å². The number of aromatic nitrogens is 2. The lowest BCUT2D eigenvalue weighted by Gasteiger charge is -2.23. The van der Waals surface area contributed by atoms with Gasteiger partial charge in [-0.25, -0.2) is 0 Å². The Morgan fingerprint density at radius 1 is 1.31 bits per heavy atom. The topological polar surface area (TPSA) is 38.9 Å². The zero-order valence-electron chi connectivity index (χ0n) is 11.2. The second kappa shape index (κ2) is 5.46. The van der Waals surface area contributed by atoms with E-state index in [0.717, 1.165) is 24.6 Å². The highest BCUT2D eigenvalue weighted by Gasteiger charge is 2.24. The summed E-state index contributed by atoms with van der Waals surface area (Å²) in [5, 5.41) is 3.89. The summed E-state index contributed by atoms with van der Waals surface area (Å²) >= 11 is 0. The van der Waals surface area contributed by atoms with E-state index >= 15 is 0 Å². The standard InChI is InChI=1S/C13H24N2O/c1-6-7-8-11(9-13(3,4)5)12-14-10(2)15-16-12/h11H,6-9H2,1-5H3. The molecule has 1 unspecified atom stereocenters. The lowest BCUT2D eigenvalue weighted by Crippen LogP contribution is -2.12. The van der Waals surface area contributed by atoms with E-state index in [1.807, 2.05) is 6.92 Å². The molecule has 0 amide bonds. The molecule has 0 saturated carbocycles. The van der Waals surface area contributed by atoms with Crippen LogP contribution >= 0.6 is 0 Å². The van der Waals surface area contributed by atoms with Crippen LogP contribution in [0, 0.1) is 12.3 Å². The van der Waals surface area contributed by atoms with Crippen molar-refractivity contribution in [3.8, 4) is 0 Å². The molecule has 3 heteroatoms. The van der Waals surface area contributed by atoms with Crippen LogP contribution in [-0.4, -0.2) is 10.1 Å². The molecule has 1 aromatic rings. The molecule has 1 aromatic heterocycles. The highest BCUT2D eigenvalue weighted by atomic mass is 16.5. The Balaban J connectivity index is 2.71. The van der Waals surface area contributed by atoms with Crippen LogP contribution in [0.3, 0.4) is 0 Å². The van der Waals surface area contributed by atoms with E-state index in [0.29, 0.717) is 11.3 Å². The van der Waals surface area contributed by atoms with Gasteiger partial charge in [0.15, 0.2) is 5.82 Å². The summed E-state index contributed by atoms with van der Waals surface area (Å²) in [7, 11) is 0. The van der Waals surface area contributed by atoms with Crippen LogP contribution < -0.4 is 0 Å². The molecule has 3 nitrogen and oxygen atoms in total. The summed E-state index contributed by atoms with van der Waals surface area (Å²) in [5.74, 6) is 1.98. The maximum atomic E-state index is 5.31. The fourth-order valence-electron chi connectivity index (χ4n) is 1.98. The van der Waals surface area contributed by atoms with Gasteiger partial charge in [0.05, 0.1) is 0 Å². The van der Waals surface area contributed by atoms with E-state index in [2.05, 4.69) is 37.8 Å². The number of hydrogen-bond donors (Lipinski definition) is 0. The van der Waals surface area contributed by atoms with Gasteiger partial charge < -0.3 is 4.52 Å². The molecule has 0 aromatic carbocycles. The van der Waals surface area contributed by atoms with Gasteiger partial charge in [0.1, 0.15) is 0 Å². The van der Waals surface area contributed by atoms with Crippen LogP contribution in [0.15, 0.2) is 4.52 Å². The average molecular weight is 224 g/mol. The maximum Gasteiger partial charge on any atom is 0.229 e. The first kappa shape index (κ1) is 13.2. The van der Waals surface area contributed by atoms with Crippen LogP contribution in [0.5, 0.6) is 0 Å². The summed E-state index contributed by atoms with van der Waals surface area (Å²) in [6, 6.07) is 0. The van der Waals surface area contributed by atoms with Crippen molar-refractivity contribution < 1.29 is 4.52 Å². The largest absolute Gasteiger partial charge is 0.339 e. The zero-order valence-corrected chi connectivity index (χ0v) is 11.2. The van der Waals surface area contributed by atoms with Crippen LogP contribution in [0.1, 0.15) is 71.0 Å². The summed E-state index contributed by atoms with van der Waals surface area (Å²) in [5.41, 5.74) is 0.306. The zero-order chi connectivity index (χ0) is 12.2. The van der Waals surface area contributed by atoms with E-state index in [9.17, 15) is 0 Å². The molecule has 0 N–H and O–H groups in total. The van der Waals surface area contributed by atoms with E-state index < -0.39 is 0 Å². The van der Waals surface area contributed by atoms with Crippen molar-refractivity contribution in [2.24, 2.45) is 5.41 Å². The summed E-state index contributed by atoms with van der Waals surface area (Å²) in [6.07, 6.45) is 4.69. The second-order valence-electron chi connectivity index (χ2n) is 5.78. The molecular formula is C13H24N2O. The minimum atomic E-state index is 0.306. The SMILES string of the molecule is CCCCC(CC(C)(C)C)c1nc(C)no1. The van der Waals surface area contributed by atoms with Gasteiger partial charge in [0, 0.05) is 5.92 Å². The van der Waals surface area contributed by atoms with Crippen molar-refractivity contribution in [2.75, 3.05) is 0 Å². The minimum Gasteiger partial charge on any atom is -0.339 e. The van der Waals surface area contributed by atoms with Crippen molar-refractivity contribution in [2.45, 2.75) is 66.2 Å². The monoisotopic (exact) mass is 224 g/mol. The normalized spacial score (nSPS) is 14.1. The Hall–Kier alpha value is -0.860. The van der Waals surface area contributed by atoms with Gasteiger partial charge in [0.25, 0.3) is 0 Å². The average Bonchev–Trinajstić information content (AvgIpc) is 2.57. The van der Waals surface area contributed by atoms with Crippen molar-refractivity contribution >= 4 is 0 Å². The Kier molecular flexibility index (Phi) is 4.51. The molecule has 1 heterocycles. The number of aryl methyl sites for hydroxylation is 1. The smallest absolute Gasteiger partial charge is 0.229 e. The van der Waals surface area contributed by atoms with Crippen molar-refractivity contribution in [1.82, 2.24) is 10.1 Å². The molecule has 1 atom stereocenters. The Labute approximate surface area is 98.6 Å². The summed E-state index contributed by atoms with van der Waals surface area (Å²) in [4.78, 5) is 4.37. The minimum absolute atomic E-state index is 0.306. The molecule has 0 bridgehead atoms.